The standard InChI is InChI=1S/C19H17N3OS2/c1-3-8-22-15-7-4-12(2)9-17(15)25-19(22)21-18(23)13-5-6-14-16(10-13)24-11-20-14/h4-7,9-11H,3,8H2,1-2H3. The van der Waals surface area contributed by atoms with Gasteiger partial charge in [-0.1, -0.05) is 24.3 Å². The predicted octanol–water partition coefficient (Wildman–Crippen LogP) is 4.77. The van der Waals surface area contributed by atoms with E-state index in [-0.39, 0.29) is 5.91 Å². The number of thiazole rings is 2. The first kappa shape index (κ1) is 16.2. The van der Waals surface area contributed by atoms with Crippen molar-refractivity contribution in [3.63, 3.8) is 0 Å². The molecule has 0 fully saturated rings. The minimum Gasteiger partial charge on any atom is -0.316 e. The summed E-state index contributed by atoms with van der Waals surface area (Å²) in [6.45, 7) is 5.06. The molecule has 126 valence electrons. The maximum absolute atomic E-state index is 12.7. The lowest BCUT2D eigenvalue weighted by molar-refractivity contribution is 0.0998. The molecule has 25 heavy (non-hydrogen) atoms. The van der Waals surface area contributed by atoms with Gasteiger partial charge in [0.2, 0.25) is 0 Å². The van der Waals surface area contributed by atoms with Gasteiger partial charge in [0, 0.05) is 12.1 Å². The van der Waals surface area contributed by atoms with Crippen molar-refractivity contribution >= 4 is 49.0 Å². The van der Waals surface area contributed by atoms with Gasteiger partial charge in [-0.3, -0.25) is 4.79 Å². The van der Waals surface area contributed by atoms with E-state index in [4.69, 9.17) is 0 Å². The molecule has 0 aliphatic heterocycles. The Morgan fingerprint density at radius 3 is 2.92 bits per heavy atom. The van der Waals surface area contributed by atoms with Crippen molar-refractivity contribution in [3.05, 3.63) is 57.8 Å². The molecule has 2 heterocycles. The van der Waals surface area contributed by atoms with Crippen LogP contribution in [0.1, 0.15) is 29.3 Å². The molecule has 0 unspecified atom stereocenters. The van der Waals surface area contributed by atoms with Crippen LogP contribution in [0.4, 0.5) is 0 Å². The Morgan fingerprint density at radius 1 is 1.20 bits per heavy atom. The second-order valence-electron chi connectivity index (χ2n) is 5.96. The minimum absolute atomic E-state index is 0.205. The van der Waals surface area contributed by atoms with Crippen molar-refractivity contribution < 1.29 is 4.79 Å². The molecule has 0 spiro atoms. The van der Waals surface area contributed by atoms with Gasteiger partial charge >= 0.3 is 0 Å². The molecule has 2 aromatic heterocycles. The van der Waals surface area contributed by atoms with E-state index < -0.39 is 0 Å². The number of carbonyl (C=O) groups excluding carboxylic acids is 1. The zero-order chi connectivity index (χ0) is 17.4. The van der Waals surface area contributed by atoms with Gasteiger partial charge in [0.05, 0.1) is 25.9 Å². The van der Waals surface area contributed by atoms with Crippen LogP contribution < -0.4 is 4.80 Å². The number of benzene rings is 2. The number of aromatic nitrogens is 2. The highest BCUT2D eigenvalue weighted by Crippen LogP contribution is 2.21. The number of hydrogen-bond donors (Lipinski definition) is 0. The maximum Gasteiger partial charge on any atom is 0.279 e. The SMILES string of the molecule is CCCn1c(=NC(=O)c2ccc3ncsc3c2)sc2cc(C)ccc21. The van der Waals surface area contributed by atoms with Crippen LogP contribution in [-0.4, -0.2) is 15.5 Å². The topological polar surface area (TPSA) is 47.2 Å². The Balaban J connectivity index is 1.83. The Hall–Kier alpha value is -2.31. The number of aryl methyl sites for hydroxylation is 2. The summed E-state index contributed by atoms with van der Waals surface area (Å²) in [7, 11) is 0. The second kappa shape index (κ2) is 6.54. The van der Waals surface area contributed by atoms with Crippen molar-refractivity contribution in [1.29, 1.82) is 0 Å². The lowest BCUT2D eigenvalue weighted by Crippen LogP contribution is -2.16. The van der Waals surface area contributed by atoms with E-state index in [0.29, 0.717) is 5.56 Å². The van der Waals surface area contributed by atoms with E-state index in [0.717, 1.165) is 38.2 Å². The molecule has 0 radical (unpaired) electrons. The molecular weight excluding hydrogens is 350 g/mol. The number of nitrogens with zero attached hydrogens (tertiary/aromatic N) is 3. The zero-order valence-corrected chi connectivity index (χ0v) is 15.7. The molecule has 1 amide bonds. The first-order chi connectivity index (χ1) is 12.2. The van der Waals surface area contributed by atoms with Crippen LogP contribution in [0.25, 0.3) is 20.4 Å². The molecule has 0 aliphatic carbocycles. The van der Waals surface area contributed by atoms with Gasteiger partial charge in [-0.25, -0.2) is 4.98 Å². The van der Waals surface area contributed by atoms with Crippen molar-refractivity contribution in [2.24, 2.45) is 4.99 Å². The summed E-state index contributed by atoms with van der Waals surface area (Å²) in [5.41, 5.74) is 5.67. The van der Waals surface area contributed by atoms with Gasteiger partial charge in [0.15, 0.2) is 4.80 Å². The Labute approximate surface area is 153 Å². The first-order valence-electron chi connectivity index (χ1n) is 8.18. The summed E-state index contributed by atoms with van der Waals surface area (Å²) >= 11 is 3.11. The lowest BCUT2D eigenvalue weighted by atomic mass is 10.2. The molecule has 4 aromatic rings. The fourth-order valence-corrected chi connectivity index (χ4v) is 4.71. The van der Waals surface area contributed by atoms with E-state index in [1.807, 2.05) is 12.1 Å². The van der Waals surface area contributed by atoms with Gasteiger partial charge in [-0.2, -0.15) is 4.99 Å². The van der Waals surface area contributed by atoms with Crippen LogP contribution in [0.15, 0.2) is 46.9 Å². The summed E-state index contributed by atoms with van der Waals surface area (Å²) in [6, 6.07) is 11.9. The molecule has 6 heteroatoms. The summed E-state index contributed by atoms with van der Waals surface area (Å²) in [5.74, 6) is -0.205. The molecule has 0 atom stereocenters. The number of amides is 1. The minimum atomic E-state index is -0.205. The molecule has 0 bridgehead atoms. The van der Waals surface area contributed by atoms with Gasteiger partial charge in [0.25, 0.3) is 5.91 Å². The van der Waals surface area contributed by atoms with E-state index in [1.54, 1.807) is 22.9 Å². The van der Waals surface area contributed by atoms with E-state index >= 15 is 0 Å². The van der Waals surface area contributed by atoms with Crippen molar-refractivity contribution in [1.82, 2.24) is 9.55 Å². The molecule has 0 saturated heterocycles. The molecule has 0 saturated carbocycles. The predicted molar refractivity (Wildman–Crippen MR) is 104 cm³/mol. The van der Waals surface area contributed by atoms with E-state index in [9.17, 15) is 4.79 Å². The van der Waals surface area contributed by atoms with Crippen LogP contribution >= 0.6 is 22.7 Å². The monoisotopic (exact) mass is 367 g/mol. The Bertz CT molecular complexity index is 1150. The maximum atomic E-state index is 12.7. The van der Waals surface area contributed by atoms with Crippen LogP contribution in [-0.2, 0) is 6.54 Å². The largest absolute Gasteiger partial charge is 0.316 e. The van der Waals surface area contributed by atoms with E-state index in [1.165, 1.54) is 16.9 Å². The van der Waals surface area contributed by atoms with Gasteiger partial charge in [0.1, 0.15) is 0 Å². The molecule has 4 rings (SSSR count). The summed E-state index contributed by atoms with van der Waals surface area (Å²) in [6.07, 6.45) is 0.994. The third kappa shape index (κ3) is 3.03. The molecule has 2 aromatic carbocycles. The second-order valence-corrected chi connectivity index (χ2v) is 7.85. The number of carbonyl (C=O) groups is 1. The number of hydrogen-bond acceptors (Lipinski definition) is 4. The van der Waals surface area contributed by atoms with Crippen molar-refractivity contribution in [2.75, 3.05) is 0 Å². The summed E-state index contributed by atoms with van der Waals surface area (Å²) in [4.78, 5) is 22.1. The molecular formula is C19H17N3OS2. The summed E-state index contributed by atoms with van der Waals surface area (Å²) < 4.78 is 4.31. The fourth-order valence-electron chi connectivity index (χ4n) is 2.84. The highest BCUT2D eigenvalue weighted by molar-refractivity contribution is 7.17. The third-order valence-electron chi connectivity index (χ3n) is 4.06. The summed E-state index contributed by atoms with van der Waals surface area (Å²) in [5, 5.41) is 0. The smallest absolute Gasteiger partial charge is 0.279 e. The highest BCUT2D eigenvalue weighted by atomic mass is 32.1. The van der Waals surface area contributed by atoms with Gasteiger partial charge in [-0.15, -0.1) is 11.3 Å². The highest BCUT2D eigenvalue weighted by Gasteiger charge is 2.10. The van der Waals surface area contributed by atoms with Crippen LogP contribution in [0.3, 0.4) is 0 Å². The zero-order valence-electron chi connectivity index (χ0n) is 14.0. The quantitative estimate of drug-likeness (QED) is 0.523. The normalized spacial score (nSPS) is 12.3. The molecule has 0 N–H and O–H groups in total. The molecule has 0 aliphatic rings. The molecule has 4 nitrogen and oxygen atoms in total. The van der Waals surface area contributed by atoms with Crippen LogP contribution in [0.2, 0.25) is 0 Å². The van der Waals surface area contributed by atoms with Crippen molar-refractivity contribution in [3.8, 4) is 0 Å². The third-order valence-corrected chi connectivity index (χ3v) is 5.89. The Morgan fingerprint density at radius 2 is 2.08 bits per heavy atom. The van der Waals surface area contributed by atoms with E-state index in [2.05, 4.69) is 46.6 Å². The fraction of sp³-hybridized carbons (Fsp3) is 0.211. The van der Waals surface area contributed by atoms with Crippen LogP contribution in [0.5, 0.6) is 0 Å². The average molecular weight is 367 g/mol. The lowest BCUT2D eigenvalue weighted by Gasteiger charge is -2.02. The Kier molecular flexibility index (Phi) is 4.23. The first-order valence-corrected chi connectivity index (χ1v) is 9.87. The van der Waals surface area contributed by atoms with Gasteiger partial charge in [-0.05, 0) is 49.2 Å². The van der Waals surface area contributed by atoms with Crippen molar-refractivity contribution in [2.45, 2.75) is 26.8 Å². The average Bonchev–Trinajstić information content (AvgIpc) is 3.19. The number of fused-ring (bicyclic) bond motifs is 2. The number of rotatable bonds is 3. The van der Waals surface area contributed by atoms with Gasteiger partial charge < -0.3 is 4.57 Å². The van der Waals surface area contributed by atoms with Crippen LogP contribution in [0, 0.1) is 6.92 Å².